The van der Waals surface area contributed by atoms with Crippen molar-refractivity contribution in [2.75, 3.05) is 0 Å². The van der Waals surface area contributed by atoms with Crippen LogP contribution in [0, 0.1) is 0 Å². The molecule has 0 atom stereocenters. The summed E-state index contributed by atoms with van der Waals surface area (Å²) in [6.45, 7) is 0. The number of rotatable bonds is 3. The molecule has 3 rings (SSSR count). The van der Waals surface area contributed by atoms with E-state index >= 15 is 0 Å². The number of carbonyl (C=O) groups excluding carboxylic acids is 1. The van der Waals surface area contributed by atoms with E-state index in [1.807, 2.05) is 6.07 Å². The Hall–Kier alpha value is -1.22. The molecule has 1 aliphatic carbocycles. The van der Waals surface area contributed by atoms with Crippen LogP contribution in [0.15, 0.2) is 42.5 Å². The minimum absolute atomic E-state index is 0.191. The molecule has 0 radical (unpaired) electrons. The predicted octanol–water partition coefficient (Wildman–Crippen LogP) is 5.07. The molecule has 0 spiro atoms. The number of hydrogen-bond acceptors (Lipinski definition) is 1. The van der Waals surface area contributed by atoms with Gasteiger partial charge in [0.2, 0.25) is 0 Å². The van der Waals surface area contributed by atoms with Gasteiger partial charge in [-0.15, -0.1) is 0 Å². The zero-order chi connectivity index (χ0) is 15.0. The molecule has 1 amide bonds. The van der Waals surface area contributed by atoms with E-state index in [1.165, 1.54) is 0 Å². The van der Waals surface area contributed by atoms with E-state index in [4.69, 9.17) is 34.8 Å². The summed E-state index contributed by atoms with van der Waals surface area (Å²) < 4.78 is 0. The van der Waals surface area contributed by atoms with Crippen LogP contribution in [0.25, 0.3) is 0 Å². The second-order valence-electron chi connectivity index (χ2n) is 5.14. The van der Waals surface area contributed by atoms with E-state index in [1.54, 1.807) is 36.4 Å². The molecular formula is C16H12Cl3NO. The Morgan fingerprint density at radius 1 is 1.00 bits per heavy atom. The standard InChI is InChI=1S/C16H12Cl3NO/c17-10-5-6-12(14(19)9-10)16(7-8-16)20-15(21)11-3-1-2-4-13(11)18/h1-6,9H,7-8H2,(H,20,21). The van der Waals surface area contributed by atoms with Gasteiger partial charge in [0.15, 0.2) is 0 Å². The van der Waals surface area contributed by atoms with Crippen molar-refractivity contribution in [1.82, 2.24) is 5.32 Å². The molecule has 1 aliphatic rings. The van der Waals surface area contributed by atoms with Gasteiger partial charge >= 0.3 is 0 Å². The fourth-order valence-corrected chi connectivity index (χ4v) is 3.21. The monoisotopic (exact) mass is 339 g/mol. The molecule has 0 aliphatic heterocycles. The highest BCUT2D eigenvalue weighted by atomic mass is 35.5. The van der Waals surface area contributed by atoms with E-state index in [9.17, 15) is 4.79 Å². The van der Waals surface area contributed by atoms with E-state index < -0.39 is 5.54 Å². The average Bonchev–Trinajstić information content (AvgIpc) is 3.19. The van der Waals surface area contributed by atoms with Gasteiger partial charge in [-0.25, -0.2) is 0 Å². The Bertz CT molecular complexity index is 710. The lowest BCUT2D eigenvalue weighted by Gasteiger charge is -2.20. The van der Waals surface area contributed by atoms with Crippen LogP contribution >= 0.6 is 34.8 Å². The van der Waals surface area contributed by atoms with Crippen molar-refractivity contribution in [3.63, 3.8) is 0 Å². The lowest BCUT2D eigenvalue weighted by atomic mass is 10.0. The van der Waals surface area contributed by atoms with Crippen molar-refractivity contribution in [1.29, 1.82) is 0 Å². The summed E-state index contributed by atoms with van der Waals surface area (Å²) in [6, 6.07) is 12.3. The minimum atomic E-state index is -0.405. The van der Waals surface area contributed by atoms with Crippen LogP contribution in [0.1, 0.15) is 28.8 Å². The van der Waals surface area contributed by atoms with Gasteiger partial charge in [0.05, 0.1) is 16.1 Å². The SMILES string of the molecule is O=C(NC1(c2ccc(Cl)cc2Cl)CC1)c1ccccc1Cl. The number of benzene rings is 2. The molecule has 2 nitrogen and oxygen atoms in total. The lowest BCUT2D eigenvalue weighted by molar-refractivity contribution is 0.0931. The van der Waals surface area contributed by atoms with Crippen LogP contribution in [0.5, 0.6) is 0 Å². The summed E-state index contributed by atoms with van der Waals surface area (Å²) >= 11 is 18.2. The first-order valence-corrected chi connectivity index (χ1v) is 7.68. The third-order valence-corrected chi connectivity index (χ3v) is 4.55. The van der Waals surface area contributed by atoms with Gasteiger partial charge in [0.25, 0.3) is 5.91 Å². The Labute approximate surface area is 138 Å². The zero-order valence-electron chi connectivity index (χ0n) is 11.0. The normalized spacial score (nSPS) is 15.6. The van der Waals surface area contributed by atoms with Crippen molar-refractivity contribution in [3.05, 3.63) is 68.7 Å². The second kappa shape index (κ2) is 5.53. The molecule has 0 unspecified atom stereocenters. The highest BCUT2D eigenvalue weighted by Gasteiger charge is 2.47. The van der Waals surface area contributed by atoms with E-state index in [0.717, 1.165) is 18.4 Å². The van der Waals surface area contributed by atoms with Crippen molar-refractivity contribution < 1.29 is 4.79 Å². The van der Waals surface area contributed by atoms with Gasteiger partial charge < -0.3 is 5.32 Å². The van der Waals surface area contributed by atoms with Gasteiger partial charge in [-0.05, 0) is 42.7 Å². The van der Waals surface area contributed by atoms with Crippen LogP contribution in [0.3, 0.4) is 0 Å². The molecule has 0 aromatic heterocycles. The third-order valence-electron chi connectivity index (χ3n) is 3.67. The quantitative estimate of drug-likeness (QED) is 0.830. The zero-order valence-corrected chi connectivity index (χ0v) is 13.3. The smallest absolute Gasteiger partial charge is 0.253 e. The topological polar surface area (TPSA) is 29.1 Å². The van der Waals surface area contributed by atoms with Crippen molar-refractivity contribution in [2.45, 2.75) is 18.4 Å². The van der Waals surface area contributed by atoms with Gasteiger partial charge in [0, 0.05) is 10.0 Å². The minimum Gasteiger partial charge on any atom is -0.342 e. The van der Waals surface area contributed by atoms with E-state index in [0.29, 0.717) is 20.6 Å². The largest absolute Gasteiger partial charge is 0.342 e. The molecule has 2 aromatic rings. The maximum Gasteiger partial charge on any atom is 0.253 e. The molecule has 0 heterocycles. The molecule has 2 aromatic carbocycles. The van der Waals surface area contributed by atoms with Gasteiger partial charge in [-0.2, -0.15) is 0 Å². The number of halogens is 3. The number of carbonyl (C=O) groups is 1. The average molecular weight is 341 g/mol. The van der Waals surface area contributed by atoms with Gasteiger partial charge in [0.1, 0.15) is 0 Å². The first kappa shape index (κ1) is 14.7. The summed E-state index contributed by atoms with van der Waals surface area (Å²) in [4.78, 5) is 12.4. The van der Waals surface area contributed by atoms with E-state index in [2.05, 4.69) is 5.32 Å². The summed E-state index contributed by atoms with van der Waals surface area (Å²) in [7, 11) is 0. The highest BCUT2D eigenvalue weighted by molar-refractivity contribution is 6.35. The molecule has 108 valence electrons. The predicted molar refractivity (Wildman–Crippen MR) is 86.3 cm³/mol. The Kier molecular flexibility index (Phi) is 3.87. The Morgan fingerprint density at radius 2 is 1.71 bits per heavy atom. The van der Waals surface area contributed by atoms with Crippen molar-refractivity contribution >= 4 is 40.7 Å². The fourth-order valence-electron chi connectivity index (χ4n) is 2.39. The molecule has 5 heteroatoms. The first-order valence-electron chi connectivity index (χ1n) is 6.54. The van der Waals surface area contributed by atoms with Gasteiger partial charge in [-0.3, -0.25) is 4.79 Å². The van der Waals surface area contributed by atoms with E-state index in [-0.39, 0.29) is 5.91 Å². The molecule has 1 saturated carbocycles. The Balaban J connectivity index is 1.87. The van der Waals surface area contributed by atoms with Crippen LogP contribution in [0.2, 0.25) is 15.1 Å². The first-order chi connectivity index (χ1) is 10.0. The molecule has 1 N–H and O–H groups in total. The summed E-state index contributed by atoms with van der Waals surface area (Å²) in [5.74, 6) is -0.191. The third kappa shape index (κ3) is 2.89. The fraction of sp³-hybridized carbons (Fsp3) is 0.188. The van der Waals surface area contributed by atoms with Crippen LogP contribution < -0.4 is 5.32 Å². The lowest BCUT2D eigenvalue weighted by Crippen LogP contribution is -2.35. The van der Waals surface area contributed by atoms with Gasteiger partial charge in [-0.1, -0.05) is 53.0 Å². The number of hydrogen-bond donors (Lipinski definition) is 1. The number of nitrogens with one attached hydrogen (secondary N) is 1. The molecular weight excluding hydrogens is 329 g/mol. The summed E-state index contributed by atoms with van der Waals surface area (Å²) in [6.07, 6.45) is 1.70. The molecule has 1 fully saturated rings. The van der Waals surface area contributed by atoms with Crippen LogP contribution in [-0.4, -0.2) is 5.91 Å². The Morgan fingerprint density at radius 3 is 2.33 bits per heavy atom. The summed E-state index contributed by atoms with van der Waals surface area (Å²) in [5.41, 5.74) is 0.960. The molecule has 21 heavy (non-hydrogen) atoms. The van der Waals surface area contributed by atoms with Crippen LogP contribution in [-0.2, 0) is 5.54 Å². The second-order valence-corrected chi connectivity index (χ2v) is 6.39. The maximum absolute atomic E-state index is 12.4. The summed E-state index contributed by atoms with van der Waals surface area (Å²) in [5, 5.41) is 4.64. The van der Waals surface area contributed by atoms with Crippen molar-refractivity contribution in [3.8, 4) is 0 Å². The molecule has 0 bridgehead atoms. The maximum atomic E-state index is 12.4. The van der Waals surface area contributed by atoms with Crippen LogP contribution in [0.4, 0.5) is 0 Å². The number of amides is 1. The molecule has 0 saturated heterocycles. The van der Waals surface area contributed by atoms with Crippen molar-refractivity contribution in [2.24, 2.45) is 0 Å². The highest BCUT2D eigenvalue weighted by Crippen LogP contribution is 2.48.